The first kappa shape index (κ1) is 17.7. The second-order valence-corrected chi connectivity index (χ2v) is 8.99. The zero-order chi connectivity index (χ0) is 18.2. The lowest BCUT2D eigenvalue weighted by Crippen LogP contribution is -2.58. The van der Waals surface area contributed by atoms with Gasteiger partial charge in [-0.3, -0.25) is 9.59 Å². The van der Waals surface area contributed by atoms with Crippen molar-refractivity contribution >= 4 is 27.3 Å². The molecule has 2 aliphatic heterocycles. The molecule has 1 unspecified atom stereocenters. The molecule has 136 valence electrons. The lowest BCUT2D eigenvalue weighted by atomic mass is 10.0. The second kappa shape index (κ2) is 6.67. The molecule has 2 fully saturated rings. The molecule has 1 aromatic carbocycles. The third-order valence-corrected chi connectivity index (χ3v) is 7.05. The summed E-state index contributed by atoms with van der Waals surface area (Å²) in [5.41, 5.74) is 0.733. The largest absolute Gasteiger partial charge is 0.497 e. The number of benzene rings is 1. The molecule has 2 aliphatic rings. The van der Waals surface area contributed by atoms with Gasteiger partial charge in [-0.05, 0) is 24.3 Å². The number of anilines is 1. The van der Waals surface area contributed by atoms with Gasteiger partial charge in [0, 0.05) is 37.5 Å². The molecule has 1 atom stereocenters. The zero-order valence-electron chi connectivity index (χ0n) is 14.3. The van der Waals surface area contributed by atoms with Crippen molar-refractivity contribution in [2.75, 3.05) is 37.4 Å². The van der Waals surface area contributed by atoms with E-state index in [4.69, 9.17) is 4.74 Å². The molecule has 0 N–H and O–H groups in total. The number of amides is 2. The predicted octanol–water partition coefficient (Wildman–Crippen LogP) is 0.694. The number of methoxy groups -OCH3 is 1. The normalized spacial score (nSPS) is 21.4. The highest BCUT2D eigenvalue weighted by molar-refractivity contribution is 7.92. The summed E-state index contributed by atoms with van der Waals surface area (Å²) in [5, 5.41) is -0.462. The van der Waals surface area contributed by atoms with Crippen LogP contribution in [0.5, 0.6) is 5.75 Å². The summed E-state index contributed by atoms with van der Waals surface area (Å²) in [6.07, 6.45) is 0.159. The molecule has 3 rings (SSSR count). The number of sulfone groups is 1. The Morgan fingerprint density at radius 2 is 1.84 bits per heavy atom. The van der Waals surface area contributed by atoms with Crippen LogP contribution in [0.25, 0.3) is 0 Å². The SMILES string of the molecule is CCS(=O)(=O)C1CN(C(=O)C2CC(=O)N(c3ccc(OC)cc3)C2)C1. The van der Waals surface area contributed by atoms with Gasteiger partial charge in [0.15, 0.2) is 9.84 Å². The molecular weight excluding hydrogens is 344 g/mol. The minimum absolute atomic E-state index is 0.0901. The maximum absolute atomic E-state index is 12.5. The van der Waals surface area contributed by atoms with Gasteiger partial charge in [0.2, 0.25) is 11.8 Å². The number of likely N-dealkylation sites (tertiary alicyclic amines) is 1. The van der Waals surface area contributed by atoms with E-state index in [1.807, 2.05) is 0 Å². The Labute approximate surface area is 147 Å². The highest BCUT2D eigenvalue weighted by Gasteiger charge is 2.44. The number of hydrogen-bond acceptors (Lipinski definition) is 5. The van der Waals surface area contributed by atoms with Crippen LogP contribution in [0.2, 0.25) is 0 Å². The van der Waals surface area contributed by atoms with Crippen LogP contribution in [0.1, 0.15) is 13.3 Å². The van der Waals surface area contributed by atoms with Gasteiger partial charge in [-0.25, -0.2) is 8.42 Å². The molecular formula is C17H22N2O5S. The number of ether oxygens (including phenoxy) is 1. The first-order valence-electron chi connectivity index (χ1n) is 8.30. The fraction of sp³-hybridized carbons (Fsp3) is 0.529. The molecule has 0 aromatic heterocycles. The van der Waals surface area contributed by atoms with E-state index in [0.717, 1.165) is 5.69 Å². The van der Waals surface area contributed by atoms with E-state index in [2.05, 4.69) is 0 Å². The molecule has 1 aromatic rings. The van der Waals surface area contributed by atoms with Gasteiger partial charge in [0.1, 0.15) is 5.75 Å². The summed E-state index contributed by atoms with van der Waals surface area (Å²) < 4.78 is 28.7. The summed E-state index contributed by atoms with van der Waals surface area (Å²) in [5.74, 6) is 0.146. The van der Waals surface area contributed by atoms with Crippen molar-refractivity contribution in [3.05, 3.63) is 24.3 Å². The lowest BCUT2D eigenvalue weighted by Gasteiger charge is -2.39. The van der Waals surface area contributed by atoms with E-state index in [1.54, 1.807) is 48.1 Å². The Kier molecular flexibility index (Phi) is 4.73. The van der Waals surface area contributed by atoms with Crippen LogP contribution < -0.4 is 9.64 Å². The number of rotatable bonds is 5. The van der Waals surface area contributed by atoms with Crippen molar-refractivity contribution in [3.8, 4) is 5.75 Å². The van der Waals surface area contributed by atoms with Gasteiger partial charge in [-0.15, -0.1) is 0 Å². The summed E-state index contributed by atoms with van der Waals surface area (Å²) >= 11 is 0. The topological polar surface area (TPSA) is 84.0 Å². The summed E-state index contributed by atoms with van der Waals surface area (Å²) in [6, 6.07) is 7.12. The Morgan fingerprint density at radius 3 is 2.40 bits per heavy atom. The Balaban J connectivity index is 1.62. The number of carbonyl (C=O) groups excluding carboxylic acids is 2. The van der Waals surface area contributed by atoms with Crippen LogP contribution >= 0.6 is 0 Å². The van der Waals surface area contributed by atoms with E-state index in [-0.39, 0.29) is 37.1 Å². The highest BCUT2D eigenvalue weighted by atomic mass is 32.2. The molecule has 2 amide bonds. The average Bonchev–Trinajstić information content (AvgIpc) is 2.95. The fourth-order valence-corrected chi connectivity index (χ4v) is 4.51. The smallest absolute Gasteiger partial charge is 0.228 e. The molecule has 2 saturated heterocycles. The Hall–Kier alpha value is -2.09. The molecule has 0 saturated carbocycles. The predicted molar refractivity (Wildman–Crippen MR) is 93.3 cm³/mol. The van der Waals surface area contributed by atoms with E-state index in [1.165, 1.54) is 0 Å². The maximum Gasteiger partial charge on any atom is 0.228 e. The zero-order valence-corrected chi connectivity index (χ0v) is 15.2. The number of hydrogen-bond donors (Lipinski definition) is 0. The van der Waals surface area contributed by atoms with E-state index in [9.17, 15) is 18.0 Å². The van der Waals surface area contributed by atoms with Crippen molar-refractivity contribution < 1.29 is 22.7 Å². The number of nitrogens with zero attached hydrogens (tertiary/aromatic N) is 2. The minimum atomic E-state index is -3.11. The standard InChI is InChI=1S/C17H22N2O5S/c1-3-25(22,23)15-10-18(11-15)17(21)12-8-16(20)19(9-12)13-4-6-14(24-2)7-5-13/h4-7,12,15H,3,8-11H2,1-2H3. The van der Waals surface area contributed by atoms with Crippen LogP contribution in [0, 0.1) is 5.92 Å². The first-order valence-corrected chi connectivity index (χ1v) is 10.0. The van der Waals surface area contributed by atoms with Crippen molar-refractivity contribution in [1.82, 2.24) is 4.90 Å². The maximum atomic E-state index is 12.5. The molecule has 7 nitrogen and oxygen atoms in total. The van der Waals surface area contributed by atoms with Gasteiger partial charge < -0.3 is 14.5 Å². The van der Waals surface area contributed by atoms with Crippen LogP contribution in [0.4, 0.5) is 5.69 Å². The molecule has 0 aliphatic carbocycles. The van der Waals surface area contributed by atoms with Gasteiger partial charge in [-0.2, -0.15) is 0 Å². The van der Waals surface area contributed by atoms with Gasteiger partial charge in [-0.1, -0.05) is 6.92 Å². The minimum Gasteiger partial charge on any atom is -0.497 e. The Bertz CT molecular complexity index is 769. The molecule has 25 heavy (non-hydrogen) atoms. The van der Waals surface area contributed by atoms with E-state index in [0.29, 0.717) is 12.3 Å². The molecule has 2 heterocycles. The first-order chi connectivity index (χ1) is 11.9. The van der Waals surface area contributed by atoms with Crippen LogP contribution in [-0.2, 0) is 19.4 Å². The van der Waals surface area contributed by atoms with Crippen molar-refractivity contribution in [3.63, 3.8) is 0 Å². The lowest BCUT2D eigenvalue weighted by molar-refractivity contribution is -0.138. The van der Waals surface area contributed by atoms with Crippen LogP contribution in [-0.4, -0.2) is 62.9 Å². The van der Waals surface area contributed by atoms with E-state index < -0.39 is 21.0 Å². The van der Waals surface area contributed by atoms with Crippen molar-refractivity contribution in [2.24, 2.45) is 5.92 Å². The van der Waals surface area contributed by atoms with Crippen LogP contribution in [0.3, 0.4) is 0 Å². The van der Waals surface area contributed by atoms with Gasteiger partial charge in [0.05, 0.1) is 18.3 Å². The third kappa shape index (κ3) is 3.35. The quantitative estimate of drug-likeness (QED) is 0.766. The summed E-state index contributed by atoms with van der Waals surface area (Å²) in [6.45, 7) is 2.42. The molecule has 8 heteroatoms. The summed E-state index contributed by atoms with van der Waals surface area (Å²) in [4.78, 5) is 28.0. The van der Waals surface area contributed by atoms with Gasteiger partial charge in [0.25, 0.3) is 0 Å². The van der Waals surface area contributed by atoms with Gasteiger partial charge >= 0.3 is 0 Å². The summed E-state index contributed by atoms with van der Waals surface area (Å²) in [7, 11) is -1.53. The Morgan fingerprint density at radius 1 is 1.20 bits per heavy atom. The second-order valence-electron chi connectivity index (χ2n) is 6.42. The average molecular weight is 366 g/mol. The van der Waals surface area contributed by atoms with Crippen LogP contribution in [0.15, 0.2) is 24.3 Å². The fourth-order valence-electron chi connectivity index (χ4n) is 3.22. The molecule has 0 bridgehead atoms. The highest BCUT2D eigenvalue weighted by Crippen LogP contribution is 2.29. The third-order valence-electron chi connectivity index (χ3n) is 4.93. The monoisotopic (exact) mass is 366 g/mol. The number of carbonyl (C=O) groups is 2. The molecule has 0 radical (unpaired) electrons. The molecule has 0 spiro atoms. The van der Waals surface area contributed by atoms with E-state index >= 15 is 0 Å². The van der Waals surface area contributed by atoms with Crippen molar-refractivity contribution in [1.29, 1.82) is 0 Å². The van der Waals surface area contributed by atoms with Crippen molar-refractivity contribution in [2.45, 2.75) is 18.6 Å².